The molecule has 3 aromatic heterocycles. The van der Waals surface area contributed by atoms with Crippen LogP contribution in [0, 0.1) is 0 Å². The molecule has 0 radical (unpaired) electrons. The molecule has 1 atom stereocenters. The Labute approximate surface area is 128 Å². The molecule has 0 spiro atoms. The van der Waals surface area contributed by atoms with E-state index in [1.54, 1.807) is 18.0 Å². The van der Waals surface area contributed by atoms with E-state index in [0.717, 1.165) is 35.0 Å². The highest BCUT2D eigenvalue weighted by Gasteiger charge is 2.17. The molecule has 0 aliphatic carbocycles. The van der Waals surface area contributed by atoms with Crippen LogP contribution in [-0.4, -0.2) is 32.0 Å². The molecule has 22 heavy (non-hydrogen) atoms. The highest BCUT2D eigenvalue weighted by Crippen LogP contribution is 2.30. The predicted molar refractivity (Wildman–Crippen MR) is 84.2 cm³/mol. The van der Waals surface area contributed by atoms with Gasteiger partial charge in [-0.15, -0.1) is 0 Å². The van der Waals surface area contributed by atoms with Gasteiger partial charge in [0.05, 0.1) is 12.3 Å². The number of ether oxygens (including phenoxy) is 1. The maximum absolute atomic E-state index is 9.66. The maximum atomic E-state index is 9.66. The number of hydrogen-bond donors (Lipinski definition) is 2. The fourth-order valence-corrected chi connectivity index (χ4v) is 2.72. The van der Waals surface area contributed by atoms with E-state index in [9.17, 15) is 5.11 Å². The van der Waals surface area contributed by atoms with Gasteiger partial charge in [-0.2, -0.15) is 5.10 Å². The van der Waals surface area contributed by atoms with Crippen molar-refractivity contribution in [2.45, 2.75) is 32.6 Å². The number of rotatable bonds is 6. The minimum Gasteiger partial charge on any atom is -0.390 e. The van der Waals surface area contributed by atoms with Crippen LogP contribution in [0.1, 0.15) is 31.7 Å². The summed E-state index contributed by atoms with van der Waals surface area (Å²) in [5, 5.41) is 15.2. The molecule has 0 bridgehead atoms. The first-order valence-electron chi connectivity index (χ1n) is 7.42. The Bertz CT molecular complexity index is 762. The van der Waals surface area contributed by atoms with Crippen LogP contribution in [0.25, 0.3) is 22.2 Å². The molecular weight excluding hydrogens is 280 g/mol. The van der Waals surface area contributed by atoms with E-state index >= 15 is 0 Å². The first kappa shape index (κ1) is 14.7. The summed E-state index contributed by atoms with van der Waals surface area (Å²) >= 11 is 0. The maximum Gasteiger partial charge on any atom is 0.149 e. The second-order valence-electron chi connectivity index (χ2n) is 5.21. The lowest BCUT2D eigenvalue weighted by Gasteiger charge is -2.14. The molecule has 1 unspecified atom stereocenters. The van der Waals surface area contributed by atoms with Crippen LogP contribution < -0.4 is 0 Å². The lowest BCUT2D eigenvalue weighted by molar-refractivity contribution is 0.0257. The van der Waals surface area contributed by atoms with Crippen LogP contribution in [0.4, 0.5) is 0 Å². The van der Waals surface area contributed by atoms with E-state index in [1.807, 2.05) is 24.5 Å². The standard InChI is InChI=1S/C16H20N4O2/c1-3-4-15(22-2)20-9-13(14(10-21)19-20)11-5-7-17-16-12(11)6-8-18-16/h5-9,15,21H,3-4,10H2,1-2H3,(H,17,18). The molecule has 0 aliphatic heterocycles. The van der Waals surface area contributed by atoms with Gasteiger partial charge in [-0.25, -0.2) is 9.67 Å². The molecule has 0 saturated carbocycles. The van der Waals surface area contributed by atoms with Gasteiger partial charge in [-0.05, 0) is 24.1 Å². The number of fused-ring (bicyclic) bond motifs is 1. The Balaban J connectivity index is 2.10. The Kier molecular flexibility index (Phi) is 4.22. The van der Waals surface area contributed by atoms with E-state index in [4.69, 9.17) is 4.74 Å². The summed E-state index contributed by atoms with van der Waals surface area (Å²) in [6, 6.07) is 3.92. The first-order chi connectivity index (χ1) is 10.8. The molecule has 0 aromatic carbocycles. The molecule has 3 rings (SSSR count). The summed E-state index contributed by atoms with van der Waals surface area (Å²) in [7, 11) is 1.68. The monoisotopic (exact) mass is 300 g/mol. The van der Waals surface area contributed by atoms with E-state index in [1.165, 1.54) is 0 Å². The fourth-order valence-electron chi connectivity index (χ4n) is 2.72. The Morgan fingerprint density at radius 3 is 2.95 bits per heavy atom. The predicted octanol–water partition coefficient (Wildman–Crippen LogP) is 2.86. The van der Waals surface area contributed by atoms with Crippen molar-refractivity contribution in [2.24, 2.45) is 0 Å². The molecule has 3 heterocycles. The van der Waals surface area contributed by atoms with E-state index in [0.29, 0.717) is 5.69 Å². The quantitative estimate of drug-likeness (QED) is 0.734. The van der Waals surface area contributed by atoms with Crippen LogP contribution in [0.3, 0.4) is 0 Å². The minimum absolute atomic E-state index is 0.112. The Hall–Kier alpha value is -2.18. The summed E-state index contributed by atoms with van der Waals surface area (Å²) < 4.78 is 7.29. The van der Waals surface area contributed by atoms with Gasteiger partial charge in [0.1, 0.15) is 11.9 Å². The van der Waals surface area contributed by atoms with Crippen molar-refractivity contribution in [1.29, 1.82) is 0 Å². The number of hydrogen-bond acceptors (Lipinski definition) is 4. The lowest BCUT2D eigenvalue weighted by Crippen LogP contribution is -2.11. The molecule has 6 heteroatoms. The third-order valence-corrected chi connectivity index (χ3v) is 3.81. The van der Waals surface area contributed by atoms with Gasteiger partial charge < -0.3 is 14.8 Å². The molecule has 6 nitrogen and oxygen atoms in total. The Morgan fingerprint density at radius 2 is 2.23 bits per heavy atom. The normalized spacial score (nSPS) is 12.9. The van der Waals surface area contributed by atoms with Gasteiger partial charge in [0, 0.05) is 36.7 Å². The number of pyridine rings is 1. The van der Waals surface area contributed by atoms with Crippen LogP contribution in [0.5, 0.6) is 0 Å². The highest BCUT2D eigenvalue weighted by molar-refractivity contribution is 5.93. The van der Waals surface area contributed by atoms with Crippen LogP contribution >= 0.6 is 0 Å². The SMILES string of the molecule is CCCC(OC)n1cc(-c2ccnc3[nH]ccc23)c(CO)n1. The van der Waals surface area contributed by atoms with Crippen molar-refractivity contribution >= 4 is 11.0 Å². The molecule has 0 aliphatic rings. The zero-order valence-corrected chi connectivity index (χ0v) is 12.8. The summed E-state index contributed by atoms with van der Waals surface area (Å²) in [4.78, 5) is 7.40. The molecule has 0 saturated heterocycles. The number of nitrogens with one attached hydrogen (secondary N) is 1. The fraction of sp³-hybridized carbons (Fsp3) is 0.375. The number of aromatic amines is 1. The van der Waals surface area contributed by atoms with Gasteiger partial charge in [-0.3, -0.25) is 0 Å². The third kappa shape index (κ3) is 2.51. The number of H-pyrrole nitrogens is 1. The average molecular weight is 300 g/mol. The molecule has 0 fully saturated rings. The summed E-state index contributed by atoms with van der Waals surface area (Å²) in [6.07, 6.45) is 7.31. The van der Waals surface area contributed by atoms with Gasteiger partial charge in [0.25, 0.3) is 0 Å². The van der Waals surface area contributed by atoms with Gasteiger partial charge in [0.2, 0.25) is 0 Å². The average Bonchev–Trinajstić information content (AvgIpc) is 3.18. The number of aliphatic hydroxyl groups is 1. The lowest BCUT2D eigenvalue weighted by atomic mass is 10.0. The first-order valence-corrected chi connectivity index (χ1v) is 7.42. The highest BCUT2D eigenvalue weighted by atomic mass is 16.5. The topological polar surface area (TPSA) is 76.0 Å². The van der Waals surface area contributed by atoms with Crippen molar-refractivity contribution in [3.8, 4) is 11.1 Å². The second kappa shape index (κ2) is 6.29. The van der Waals surface area contributed by atoms with Crippen molar-refractivity contribution < 1.29 is 9.84 Å². The van der Waals surface area contributed by atoms with E-state index in [2.05, 4.69) is 22.0 Å². The smallest absolute Gasteiger partial charge is 0.149 e. The second-order valence-corrected chi connectivity index (χ2v) is 5.21. The molecule has 3 aromatic rings. The van der Waals surface area contributed by atoms with Gasteiger partial charge in [0.15, 0.2) is 0 Å². The van der Waals surface area contributed by atoms with Gasteiger partial charge in [-0.1, -0.05) is 13.3 Å². The molecule has 116 valence electrons. The Morgan fingerprint density at radius 1 is 1.36 bits per heavy atom. The molecule has 2 N–H and O–H groups in total. The third-order valence-electron chi connectivity index (χ3n) is 3.81. The zero-order valence-electron chi connectivity index (χ0n) is 12.8. The molecular formula is C16H20N4O2. The number of aromatic nitrogens is 4. The zero-order chi connectivity index (χ0) is 15.5. The summed E-state index contributed by atoms with van der Waals surface area (Å²) in [6.45, 7) is 1.99. The molecule has 0 amide bonds. The van der Waals surface area contributed by atoms with Crippen LogP contribution in [0.15, 0.2) is 30.7 Å². The summed E-state index contributed by atoms with van der Waals surface area (Å²) in [5.41, 5.74) is 3.39. The van der Waals surface area contributed by atoms with Crippen molar-refractivity contribution in [2.75, 3.05) is 7.11 Å². The number of nitrogens with zero attached hydrogens (tertiary/aromatic N) is 3. The number of methoxy groups -OCH3 is 1. The number of aliphatic hydroxyl groups excluding tert-OH is 1. The van der Waals surface area contributed by atoms with Crippen molar-refractivity contribution in [1.82, 2.24) is 19.7 Å². The largest absolute Gasteiger partial charge is 0.390 e. The van der Waals surface area contributed by atoms with Gasteiger partial charge >= 0.3 is 0 Å². The van der Waals surface area contributed by atoms with E-state index in [-0.39, 0.29) is 12.8 Å². The van der Waals surface area contributed by atoms with Crippen molar-refractivity contribution in [3.63, 3.8) is 0 Å². The van der Waals surface area contributed by atoms with Crippen molar-refractivity contribution in [3.05, 3.63) is 36.4 Å². The van der Waals surface area contributed by atoms with E-state index < -0.39 is 0 Å². The summed E-state index contributed by atoms with van der Waals surface area (Å²) in [5.74, 6) is 0. The minimum atomic E-state index is -0.118. The van der Waals surface area contributed by atoms with Crippen LogP contribution in [-0.2, 0) is 11.3 Å². The van der Waals surface area contributed by atoms with Crippen LogP contribution in [0.2, 0.25) is 0 Å².